The van der Waals surface area contributed by atoms with Crippen molar-refractivity contribution in [2.75, 3.05) is 6.54 Å². The summed E-state index contributed by atoms with van der Waals surface area (Å²) in [6.07, 6.45) is 10.4. The van der Waals surface area contributed by atoms with Crippen LogP contribution in [0.3, 0.4) is 0 Å². The number of rotatable bonds is 8. The summed E-state index contributed by atoms with van der Waals surface area (Å²) < 4.78 is 0. The second kappa shape index (κ2) is 8.26. The predicted octanol–water partition coefficient (Wildman–Crippen LogP) is 3.28. The van der Waals surface area contributed by atoms with Gasteiger partial charge in [-0.05, 0) is 12.8 Å². The van der Waals surface area contributed by atoms with E-state index in [1.807, 2.05) is 0 Å². The summed E-state index contributed by atoms with van der Waals surface area (Å²) in [6.45, 7) is 2.86. The average Bonchev–Trinajstić information content (AvgIpc) is 2.74. The Bertz CT molecular complexity index is 251. The Kier molecular flexibility index (Phi) is 6.90. The van der Waals surface area contributed by atoms with Gasteiger partial charge in [0.15, 0.2) is 0 Å². The van der Waals surface area contributed by atoms with Crippen LogP contribution in [-0.4, -0.2) is 23.3 Å². The lowest BCUT2D eigenvalue weighted by Crippen LogP contribution is -2.31. The van der Waals surface area contributed by atoms with E-state index < -0.39 is 0 Å². The zero-order valence-corrected chi connectivity index (χ0v) is 11.0. The fourth-order valence-electron chi connectivity index (χ4n) is 2.28. The van der Waals surface area contributed by atoms with Gasteiger partial charge in [-0.25, -0.2) is 0 Å². The van der Waals surface area contributed by atoms with Crippen LogP contribution in [0.15, 0.2) is 0 Å². The highest BCUT2D eigenvalue weighted by Gasteiger charge is 2.25. The van der Waals surface area contributed by atoms with E-state index in [-0.39, 0.29) is 11.8 Å². The Morgan fingerprint density at radius 2 is 1.76 bits per heavy atom. The van der Waals surface area contributed by atoms with E-state index in [1.165, 1.54) is 37.0 Å². The number of imide groups is 1. The Morgan fingerprint density at radius 3 is 2.35 bits per heavy atom. The lowest BCUT2D eigenvalue weighted by molar-refractivity contribution is -0.141. The highest BCUT2D eigenvalue weighted by atomic mass is 16.2. The molecule has 0 aromatic heterocycles. The van der Waals surface area contributed by atoms with E-state index in [4.69, 9.17) is 0 Å². The molecule has 0 atom stereocenters. The number of hydrogen-bond acceptors (Lipinski definition) is 2. The number of amides is 2. The van der Waals surface area contributed by atoms with Crippen LogP contribution >= 0.6 is 0 Å². The molecule has 2 amide bonds. The van der Waals surface area contributed by atoms with Gasteiger partial charge in [0, 0.05) is 19.4 Å². The van der Waals surface area contributed by atoms with Crippen LogP contribution in [0.4, 0.5) is 0 Å². The van der Waals surface area contributed by atoms with Crippen molar-refractivity contribution in [3.8, 4) is 0 Å². The summed E-state index contributed by atoms with van der Waals surface area (Å²) in [5, 5.41) is 0. The maximum atomic E-state index is 11.7. The molecule has 0 aromatic rings. The third-order valence-electron chi connectivity index (χ3n) is 3.37. The third-order valence-corrected chi connectivity index (χ3v) is 3.37. The molecule has 98 valence electrons. The summed E-state index contributed by atoms with van der Waals surface area (Å²) in [4.78, 5) is 24.5. The summed E-state index contributed by atoms with van der Waals surface area (Å²) in [5.41, 5.74) is 0. The van der Waals surface area contributed by atoms with Gasteiger partial charge in [-0.2, -0.15) is 0 Å². The minimum absolute atomic E-state index is 0.0259. The molecule has 0 spiro atoms. The van der Waals surface area contributed by atoms with Gasteiger partial charge in [-0.15, -0.1) is 0 Å². The van der Waals surface area contributed by atoms with Gasteiger partial charge in [-0.1, -0.05) is 45.4 Å². The zero-order valence-electron chi connectivity index (χ0n) is 11.0. The van der Waals surface area contributed by atoms with Gasteiger partial charge in [0.2, 0.25) is 11.8 Å². The average molecular weight is 239 g/mol. The minimum Gasteiger partial charge on any atom is -0.283 e. The van der Waals surface area contributed by atoms with Crippen LogP contribution in [0.5, 0.6) is 0 Å². The molecular formula is C14H25NO2. The number of nitrogens with zero attached hydrogens (tertiary/aromatic N) is 1. The van der Waals surface area contributed by atoms with Crippen LogP contribution in [0.2, 0.25) is 0 Å². The number of unbranched alkanes of at least 4 members (excludes halogenated alkanes) is 6. The van der Waals surface area contributed by atoms with Gasteiger partial charge < -0.3 is 0 Å². The van der Waals surface area contributed by atoms with Crippen molar-refractivity contribution in [2.45, 2.75) is 71.1 Å². The second-order valence-electron chi connectivity index (χ2n) is 4.91. The lowest BCUT2D eigenvalue weighted by Gasteiger charge is -2.12. The molecule has 0 radical (unpaired) electrons. The van der Waals surface area contributed by atoms with Gasteiger partial charge in [-0.3, -0.25) is 14.5 Å². The first-order valence-electron chi connectivity index (χ1n) is 7.09. The fourth-order valence-corrected chi connectivity index (χ4v) is 2.28. The molecule has 1 aliphatic heterocycles. The Hall–Kier alpha value is -0.860. The second-order valence-corrected chi connectivity index (χ2v) is 4.91. The van der Waals surface area contributed by atoms with E-state index in [9.17, 15) is 9.59 Å². The van der Waals surface area contributed by atoms with Crippen molar-refractivity contribution in [1.82, 2.24) is 4.90 Å². The lowest BCUT2D eigenvalue weighted by atomic mass is 10.1. The number of hydrogen-bond donors (Lipinski definition) is 0. The summed E-state index contributed by atoms with van der Waals surface area (Å²) in [5.74, 6) is 0.0685. The first-order valence-corrected chi connectivity index (χ1v) is 7.09. The molecule has 17 heavy (non-hydrogen) atoms. The molecule has 1 fully saturated rings. The fraction of sp³-hybridized carbons (Fsp3) is 0.857. The molecule has 1 rings (SSSR count). The highest BCUT2D eigenvalue weighted by Crippen LogP contribution is 2.14. The Labute approximate surface area is 105 Å². The maximum absolute atomic E-state index is 11.7. The van der Waals surface area contributed by atoms with Gasteiger partial charge in [0.25, 0.3) is 0 Å². The number of likely N-dealkylation sites (tertiary alicyclic amines) is 1. The van der Waals surface area contributed by atoms with Crippen molar-refractivity contribution in [3.63, 3.8) is 0 Å². The Morgan fingerprint density at radius 1 is 1.12 bits per heavy atom. The van der Waals surface area contributed by atoms with E-state index >= 15 is 0 Å². The first-order chi connectivity index (χ1) is 8.25. The largest absolute Gasteiger partial charge is 0.283 e. The van der Waals surface area contributed by atoms with E-state index in [1.54, 1.807) is 0 Å². The molecule has 0 aliphatic carbocycles. The van der Waals surface area contributed by atoms with Crippen LogP contribution in [0, 0.1) is 0 Å². The third kappa shape index (κ3) is 5.33. The van der Waals surface area contributed by atoms with Crippen molar-refractivity contribution in [1.29, 1.82) is 0 Å². The molecule has 0 saturated carbocycles. The molecule has 0 aromatic carbocycles. The van der Waals surface area contributed by atoms with Gasteiger partial charge in [0.05, 0.1) is 0 Å². The predicted molar refractivity (Wildman–Crippen MR) is 68.6 cm³/mol. The van der Waals surface area contributed by atoms with Crippen molar-refractivity contribution < 1.29 is 9.59 Å². The maximum Gasteiger partial charge on any atom is 0.229 e. The quantitative estimate of drug-likeness (QED) is 0.610. The normalized spacial score (nSPS) is 15.6. The van der Waals surface area contributed by atoms with Crippen LogP contribution in [-0.2, 0) is 9.59 Å². The van der Waals surface area contributed by atoms with Crippen LogP contribution in [0.1, 0.15) is 71.1 Å². The number of carbonyl (C=O) groups excluding carboxylic acids is 2. The summed E-state index contributed by atoms with van der Waals surface area (Å²) in [7, 11) is 0. The van der Waals surface area contributed by atoms with Crippen molar-refractivity contribution in [3.05, 3.63) is 0 Å². The van der Waals surface area contributed by atoms with Gasteiger partial charge >= 0.3 is 0 Å². The molecule has 0 bridgehead atoms. The minimum atomic E-state index is 0.0259. The first kappa shape index (κ1) is 14.2. The standard InChI is InChI=1S/C14H25NO2/c1-2-3-4-5-6-7-8-10-13(16)15-12-9-11-14(15)17/h2-12H2,1H3. The van der Waals surface area contributed by atoms with E-state index in [0.29, 0.717) is 19.4 Å². The molecule has 1 heterocycles. The summed E-state index contributed by atoms with van der Waals surface area (Å²) in [6, 6.07) is 0. The smallest absolute Gasteiger partial charge is 0.229 e. The van der Waals surface area contributed by atoms with Crippen LogP contribution in [0.25, 0.3) is 0 Å². The molecule has 0 unspecified atom stereocenters. The molecule has 3 nitrogen and oxygen atoms in total. The summed E-state index contributed by atoms with van der Waals surface area (Å²) >= 11 is 0. The molecular weight excluding hydrogens is 214 g/mol. The Balaban J connectivity index is 1.99. The molecule has 1 saturated heterocycles. The monoisotopic (exact) mass is 239 g/mol. The van der Waals surface area contributed by atoms with Crippen molar-refractivity contribution >= 4 is 11.8 Å². The molecule has 3 heteroatoms. The molecule has 1 aliphatic rings. The van der Waals surface area contributed by atoms with Gasteiger partial charge in [0.1, 0.15) is 0 Å². The highest BCUT2D eigenvalue weighted by molar-refractivity contribution is 5.96. The SMILES string of the molecule is CCCCCCCCCC(=O)N1CCCC1=O. The topological polar surface area (TPSA) is 37.4 Å². The molecule has 0 N–H and O–H groups in total. The zero-order chi connectivity index (χ0) is 12.5. The van der Waals surface area contributed by atoms with Crippen LogP contribution < -0.4 is 0 Å². The number of carbonyl (C=O) groups is 2. The van der Waals surface area contributed by atoms with E-state index in [0.717, 1.165) is 19.3 Å². The van der Waals surface area contributed by atoms with Crippen molar-refractivity contribution in [2.24, 2.45) is 0 Å². The van der Waals surface area contributed by atoms with E-state index in [2.05, 4.69) is 6.92 Å².